The highest BCUT2D eigenvalue weighted by atomic mass is 19.4. The fraction of sp³-hybridized carbons (Fsp3) is 0.400. The van der Waals surface area contributed by atoms with Gasteiger partial charge in [0, 0.05) is 12.6 Å². The zero-order chi connectivity index (χ0) is 15.6. The first-order valence-corrected chi connectivity index (χ1v) is 6.58. The molecule has 1 heterocycles. The predicted octanol–water partition coefficient (Wildman–Crippen LogP) is 3.35. The molecule has 0 radical (unpaired) electrons. The van der Waals surface area contributed by atoms with Crippen molar-refractivity contribution in [3.05, 3.63) is 47.5 Å². The molecule has 1 aromatic carbocycles. The highest BCUT2D eigenvalue weighted by Gasteiger charge is 2.35. The molecule has 2 rings (SSSR count). The molecule has 114 valence electrons. The molecule has 0 unspecified atom stereocenters. The van der Waals surface area contributed by atoms with Crippen molar-refractivity contribution < 1.29 is 22.7 Å². The molecule has 1 atom stereocenters. The van der Waals surface area contributed by atoms with Gasteiger partial charge in [0.2, 0.25) is 5.91 Å². The monoisotopic (exact) mass is 299 g/mol. The smallest absolute Gasteiger partial charge is 0.352 e. The average molecular weight is 299 g/mol. The molecule has 0 saturated heterocycles. The second-order valence-electron chi connectivity index (χ2n) is 5.06. The summed E-state index contributed by atoms with van der Waals surface area (Å²) >= 11 is 0. The van der Waals surface area contributed by atoms with Crippen LogP contribution in [-0.2, 0) is 22.3 Å². The normalized spacial score (nSPS) is 18.9. The van der Waals surface area contributed by atoms with Gasteiger partial charge in [0.1, 0.15) is 0 Å². The molecule has 0 bridgehead atoms. The summed E-state index contributed by atoms with van der Waals surface area (Å²) in [6.07, 6.45) is -2.33. The predicted molar refractivity (Wildman–Crippen MR) is 71.1 cm³/mol. The number of amides is 1. The van der Waals surface area contributed by atoms with Gasteiger partial charge in [-0.1, -0.05) is 18.2 Å². The molecule has 6 heteroatoms. The summed E-state index contributed by atoms with van der Waals surface area (Å²) in [5.41, 5.74) is -0.674. The van der Waals surface area contributed by atoms with Crippen molar-refractivity contribution >= 4 is 5.91 Å². The standard InChI is InChI=1S/C15H16F3NO2/c1-10(2)21-14-8-7-13(20)19(14)9-11-5-3-4-6-12(11)15(16,17)18/h3-8,10,14H,9H2,1-2H3/t14-/m1/s1. The first-order chi connectivity index (χ1) is 9.79. The van der Waals surface area contributed by atoms with Crippen molar-refractivity contribution in [3.63, 3.8) is 0 Å². The molecule has 0 saturated carbocycles. The maximum Gasteiger partial charge on any atom is 0.416 e. The van der Waals surface area contributed by atoms with Gasteiger partial charge < -0.3 is 9.64 Å². The van der Waals surface area contributed by atoms with Crippen LogP contribution in [0.3, 0.4) is 0 Å². The van der Waals surface area contributed by atoms with E-state index in [-0.39, 0.29) is 24.1 Å². The van der Waals surface area contributed by atoms with Crippen LogP contribution in [0.2, 0.25) is 0 Å². The minimum absolute atomic E-state index is 0.0550. The van der Waals surface area contributed by atoms with Gasteiger partial charge in [-0.15, -0.1) is 0 Å². The number of hydrogen-bond acceptors (Lipinski definition) is 2. The Bertz CT molecular complexity index is 552. The number of ether oxygens (including phenoxy) is 1. The number of nitrogens with zero attached hydrogens (tertiary/aromatic N) is 1. The fourth-order valence-corrected chi connectivity index (χ4v) is 2.17. The van der Waals surface area contributed by atoms with Gasteiger partial charge in [0.15, 0.2) is 6.23 Å². The largest absolute Gasteiger partial charge is 0.416 e. The van der Waals surface area contributed by atoms with Crippen molar-refractivity contribution in [1.82, 2.24) is 4.90 Å². The van der Waals surface area contributed by atoms with Crippen LogP contribution in [-0.4, -0.2) is 23.1 Å². The van der Waals surface area contributed by atoms with Crippen molar-refractivity contribution in [2.24, 2.45) is 0 Å². The lowest BCUT2D eigenvalue weighted by molar-refractivity contribution is -0.142. The fourth-order valence-electron chi connectivity index (χ4n) is 2.17. The SMILES string of the molecule is CC(C)O[C@@H]1C=CC(=O)N1Cc1ccccc1C(F)(F)F. The van der Waals surface area contributed by atoms with Gasteiger partial charge in [-0.2, -0.15) is 13.2 Å². The van der Waals surface area contributed by atoms with E-state index in [0.717, 1.165) is 6.07 Å². The van der Waals surface area contributed by atoms with Gasteiger partial charge >= 0.3 is 6.18 Å². The summed E-state index contributed by atoms with van der Waals surface area (Å²) in [5, 5.41) is 0. The molecular formula is C15H16F3NO2. The molecule has 1 aliphatic heterocycles. The molecule has 0 aliphatic carbocycles. The van der Waals surface area contributed by atoms with Crippen LogP contribution in [0.4, 0.5) is 13.2 Å². The number of benzene rings is 1. The number of alkyl halides is 3. The van der Waals surface area contributed by atoms with Gasteiger partial charge in [-0.05, 0) is 31.6 Å². The second-order valence-corrected chi connectivity index (χ2v) is 5.06. The Balaban J connectivity index is 2.23. The van der Waals surface area contributed by atoms with Crippen LogP contribution in [0.25, 0.3) is 0 Å². The molecule has 0 N–H and O–H groups in total. The van der Waals surface area contributed by atoms with Gasteiger partial charge in [0.25, 0.3) is 0 Å². The third-order valence-electron chi connectivity index (χ3n) is 3.07. The topological polar surface area (TPSA) is 29.5 Å². The van der Waals surface area contributed by atoms with Gasteiger partial charge in [-0.25, -0.2) is 0 Å². The Morgan fingerprint density at radius 1 is 1.29 bits per heavy atom. The van der Waals surface area contributed by atoms with Crippen molar-refractivity contribution in [2.45, 2.75) is 38.9 Å². The van der Waals surface area contributed by atoms with E-state index in [2.05, 4.69) is 0 Å². The van der Waals surface area contributed by atoms with E-state index < -0.39 is 18.0 Å². The summed E-state index contributed by atoms with van der Waals surface area (Å²) in [4.78, 5) is 13.1. The van der Waals surface area contributed by atoms with Crippen LogP contribution in [0.15, 0.2) is 36.4 Å². The van der Waals surface area contributed by atoms with Crippen LogP contribution < -0.4 is 0 Å². The summed E-state index contributed by atoms with van der Waals surface area (Å²) < 4.78 is 44.5. The molecule has 21 heavy (non-hydrogen) atoms. The van der Waals surface area contributed by atoms with Crippen molar-refractivity contribution in [3.8, 4) is 0 Å². The van der Waals surface area contributed by atoms with Crippen LogP contribution in [0.1, 0.15) is 25.0 Å². The van der Waals surface area contributed by atoms with Gasteiger partial charge in [-0.3, -0.25) is 4.79 Å². The van der Waals surface area contributed by atoms with Crippen LogP contribution in [0.5, 0.6) is 0 Å². The highest BCUT2D eigenvalue weighted by Crippen LogP contribution is 2.33. The zero-order valence-electron chi connectivity index (χ0n) is 11.7. The Hall–Kier alpha value is -1.82. The maximum absolute atomic E-state index is 13.0. The van der Waals surface area contributed by atoms with E-state index >= 15 is 0 Å². The summed E-state index contributed by atoms with van der Waals surface area (Å²) in [7, 11) is 0. The molecule has 1 aliphatic rings. The lowest BCUT2D eigenvalue weighted by atomic mass is 10.1. The quantitative estimate of drug-likeness (QED) is 0.853. The Kier molecular flexibility index (Phi) is 4.37. The first kappa shape index (κ1) is 15.6. The molecule has 3 nitrogen and oxygen atoms in total. The Morgan fingerprint density at radius 2 is 1.95 bits per heavy atom. The van der Waals surface area contributed by atoms with E-state index in [1.54, 1.807) is 19.9 Å². The lowest BCUT2D eigenvalue weighted by Crippen LogP contribution is -2.37. The molecule has 1 amide bonds. The summed E-state index contributed by atoms with van der Waals surface area (Å²) in [5.74, 6) is -0.349. The van der Waals surface area contributed by atoms with E-state index in [0.29, 0.717) is 0 Å². The molecule has 0 spiro atoms. The zero-order valence-corrected chi connectivity index (χ0v) is 11.7. The number of rotatable bonds is 4. The van der Waals surface area contributed by atoms with Crippen LogP contribution in [0, 0.1) is 0 Å². The van der Waals surface area contributed by atoms with E-state index in [1.165, 1.54) is 29.2 Å². The lowest BCUT2D eigenvalue weighted by Gasteiger charge is -2.27. The number of halogens is 3. The van der Waals surface area contributed by atoms with Crippen molar-refractivity contribution in [2.75, 3.05) is 0 Å². The average Bonchev–Trinajstić information content (AvgIpc) is 2.70. The summed E-state index contributed by atoms with van der Waals surface area (Å²) in [6, 6.07) is 5.25. The molecular weight excluding hydrogens is 283 g/mol. The summed E-state index contributed by atoms with van der Waals surface area (Å²) in [6.45, 7) is 3.47. The third-order valence-corrected chi connectivity index (χ3v) is 3.07. The highest BCUT2D eigenvalue weighted by molar-refractivity contribution is 5.90. The van der Waals surface area contributed by atoms with Gasteiger partial charge in [0.05, 0.1) is 11.7 Å². The van der Waals surface area contributed by atoms with E-state index in [4.69, 9.17) is 4.74 Å². The molecule has 0 fully saturated rings. The minimum Gasteiger partial charge on any atom is -0.352 e. The number of carbonyl (C=O) groups is 1. The third kappa shape index (κ3) is 3.64. The molecule has 0 aromatic heterocycles. The minimum atomic E-state index is -4.44. The second kappa shape index (κ2) is 5.89. The van der Waals surface area contributed by atoms with Crippen molar-refractivity contribution in [1.29, 1.82) is 0 Å². The number of carbonyl (C=O) groups excluding carboxylic acids is 1. The molecule has 1 aromatic rings. The Labute approximate surface area is 121 Å². The first-order valence-electron chi connectivity index (χ1n) is 6.58. The van der Waals surface area contributed by atoms with E-state index in [9.17, 15) is 18.0 Å². The van der Waals surface area contributed by atoms with E-state index in [1.807, 2.05) is 0 Å². The Morgan fingerprint density at radius 3 is 2.57 bits per heavy atom. The maximum atomic E-state index is 13.0. The van der Waals surface area contributed by atoms with Crippen LogP contribution >= 0.6 is 0 Å². The number of hydrogen-bond donors (Lipinski definition) is 0.